The van der Waals surface area contributed by atoms with Gasteiger partial charge in [0, 0.05) is 25.0 Å². The minimum absolute atomic E-state index is 0.132. The van der Waals surface area contributed by atoms with Gasteiger partial charge in [-0.2, -0.15) is 18.2 Å². The number of aryl methyl sites for hydroxylation is 1. The molecule has 0 aliphatic carbocycles. The van der Waals surface area contributed by atoms with Gasteiger partial charge in [-0.3, -0.25) is 4.90 Å². The number of hydrogen-bond donors (Lipinski definition) is 1. The van der Waals surface area contributed by atoms with Crippen LogP contribution in [0.25, 0.3) is 11.4 Å². The lowest BCUT2D eigenvalue weighted by Gasteiger charge is -2.33. The molecule has 30 heavy (non-hydrogen) atoms. The lowest BCUT2D eigenvalue weighted by atomic mass is 9.91. The number of alkyl halides is 3. The van der Waals surface area contributed by atoms with Crippen LogP contribution in [0, 0.1) is 5.92 Å². The molecule has 1 N–H and O–H groups in total. The Morgan fingerprint density at radius 2 is 1.90 bits per heavy atom. The molecule has 4 rings (SSSR count). The molecule has 0 radical (unpaired) electrons. The first-order valence-corrected chi connectivity index (χ1v) is 9.69. The number of aliphatic hydroxyl groups is 1. The second kappa shape index (κ2) is 8.19. The minimum atomic E-state index is -4.38. The Kier molecular flexibility index (Phi) is 5.61. The number of hydrogen-bond acceptors (Lipinski definition) is 6. The van der Waals surface area contributed by atoms with Gasteiger partial charge in [0.1, 0.15) is 11.9 Å². The van der Waals surface area contributed by atoms with Gasteiger partial charge in [-0.1, -0.05) is 17.3 Å². The quantitative estimate of drug-likeness (QED) is 0.680. The maximum absolute atomic E-state index is 12.7. The topological polar surface area (TPSA) is 80.2 Å². The number of aliphatic hydroxyl groups excluding tert-OH is 1. The van der Waals surface area contributed by atoms with E-state index in [9.17, 15) is 18.3 Å². The third-order valence-corrected chi connectivity index (χ3v) is 5.50. The molecule has 0 unspecified atom stereocenters. The highest BCUT2D eigenvalue weighted by Crippen LogP contribution is 2.31. The number of aromatic nitrogens is 4. The van der Waals surface area contributed by atoms with Crippen molar-refractivity contribution in [1.29, 1.82) is 0 Å². The van der Waals surface area contributed by atoms with Crippen LogP contribution in [0.2, 0.25) is 0 Å². The average Bonchev–Trinajstić information content (AvgIpc) is 3.36. The molecule has 0 saturated carbocycles. The molecule has 1 aliphatic heterocycles. The van der Waals surface area contributed by atoms with E-state index in [1.165, 1.54) is 12.1 Å². The van der Waals surface area contributed by atoms with Gasteiger partial charge in [0.15, 0.2) is 0 Å². The molecular weight excluding hydrogens is 399 g/mol. The molecule has 160 valence electrons. The van der Waals surface area contributed by atoms with E-state index in [2.05, 4.69) is 20.0 Å². The fraction of sp³-hybridized carbons (Fsp3) is 0.450. The van der Waals surface area contributed by atoms with Crippen LogP contribution < -0.4 is 0 Å². The first-order valence-electron chi connectivity index (χ1n) is 9.69. The fourth-order valence-corrected chi connectivity index (χ4v) is 3.74. The largest absolute Gasteiger partial charge is 0.416 e. The number of rotatable bonds is 5. The number of piperidine rings is 1. The van der Waals surface area contributed by atoms with Crippen molar-refractivity contribution in [2.45, 2.75) is 31.7 Å². The Morgan fingerprint density at radius 3 is 2.50 bits per heavy atom. The SMILES string of the molecule is Cn1ccnc1[C@@H](O)C1CCN(Cc2nc(-c3ccc(C(F)(F)F)cc3)no2)CC1. The van der Waals surface area contributed by atoms with E-state index < -0.39 is 17.8 Å². The predicted molar refractivity (Wildman–Crippen MR) is 101 cm³/mol. The third-order valence-electron chi connectivity index (χ3n) is 5.50. The van der Waals surface area contributed by atoms with E-state index in [4.69, 9.17) is 4.52 Å². The van der Waals surface area contributed by atoms with Gasteiger partial charge in [-0.25, -0.2) is 4.98 Å². The third kappa shape index (κ3) is 4.39. The van der Waals surface area contributed by atoms with Gasteiger partial charge >= 0.3 is 6.18 Å². The number of benzene rings is 1. The monoisotopic (exact) mass is 421 g/mol. The summed E-state index contributed by atoms with van der Waals surface area (Å²) >= 11 is 0. The maximum atomic E-state index is 12.7. The molecule has 1 atom stereocenters. The summed E-state index contributed by atoms with van der Waals surface area (Å²) in [6.45, 7) is 1.99. The summed E-state index contributed by atoms with van der Waals surface area (Å²) in [6.07, 6.45) is 0.148. The second-order valence-corrected chi connectivity index (χ2v) is 7.54. The summed E-state index contributed by atoms with van der Waals surface area (Å²) in [5.74, 6) is 1.48. The number of imidazole rings is 1. The van der Waals surface area contributed by atoms with Crippen LogP contribution in [-0.4, -0.2) is 42.8 Å². The number of halogens is 3. The summed E-state index contributed by atoms with van der Waals surface area (Å²) in [6, 6.07) is 4.68. The second-order valence-electron chi connectivity index (χ2n) is 7.54. The van der Waals surface area contributed by atoms with E-state index in [1.54, 1.807) is 6.20 Å². The van der Waals surface area contributed by atoms with Crippen molar-refractivity contribution >= 4 is 0 Å². The Morgan fingerprint density at radius 1 is 1.20 bits per heavy atom. The number of likely N-dealkylation sites (tertiary alicyclic amines) is 1. The normalized spacial score (nSPS) is 17.4. The van der Waals surface area contributed by atoms with Crippen molar-refractivity contribution in [3.8, 4) is 11.4 Å². The van der Waals surface area contributed by atoms with Gasteiger partial charge in [-0.05, 0) is 44.0 Å². The Bertz CT molecular complexity index is 975. The molecule has 1 aliphatic rings. The molecule has 7 nitrogen and oxygen atoms in total. The van der Waals surface area contributed by atoms with Crippen LogP contribution >= 0.6 is 0 Å². The molecule has 1 aromatic carbocycles. The van der Waals surface area contributed by atoms with Crippen LogP contribution in [0.4, 0.5) is 13.2 Å². The van der Waals surface area contributed by atoms with Crippen LogP contribution in [-0.2, 0) is 19.8 Å². The van der Waals surface area contributed by atoms with E-state index in [-0.39, 0.29) is 11.7 Å². The minimum Gasteiger partial charge on any atom is -0.385 e. The Labute approximate surface area is 171 Å². The van der Waals surface area contributed by atoms with Crippen molar-refractivity contribution in [3.05, 3.63) is 53.9 Å². The molecule has 0 bridgehead atoms. The molecule has 3 aromatic rings. The van der Waals surface area contributed by atoms with E-state index in [0.717, 1.165) is 38.1 Å². The van der Waals surface area contributed by atoms with Crippen molar-refractivity contribution < 1.29 is 22.8 Å². The van der Waals surface area contributed by atoms with Crippen LogP contribution in [0.5, 0.6) is 0 Å². The Hall–Kier alpha value is -2.72. The maximum Gasteiger partial charge on any atom is 0.416 e. The van der Waals surface area contributed by atoms with Gasteiger partial charge in [-0.15, -0.1) is 0 Å². The smallest absolute Gasteiger partial charge is 0.385 e. The molecule has 2 aromatic heterocycles. The van der Waals surface area contributed by atoms with Gasteiger partial charge in [0.25, 0.3) is 0 Å². The fourth-order valence-electron chi connectivity index (χ4n) is 3.74. The predicted octanol–water partition coefficient (Wildman–Crippen LogP) is 3.43. The van der Waals surface area contributed by atoms with Crippen LogP contribution in [0.15, 0.2) is 41.2 Å². The van der Waals surface area contributed by atoms with Crippen molar-refractivity contribution in [3.63, 3.8) is 0 Å². The number of nitrogens with zero attached hydrogens (tertiary/aromatic N) is 5. The molecule has 1 fully saturated rings. The van der Waals surface area contributed by atoms with Crippen molar-refractivity contribution in [2.24, 2.45) is 13.0 Å². The average molecular weight is 421 g/mol. The van der Waals surface area contributed by atoms with Crippen LogP contribution in [0.1, 0.15) is 36.2 Å². The lowest BCUT2D eigenvalue weighted by molar-refractivity contribution is -0.137. The summed E-state index contributed by atoms with van der Waals surface area (Å²) < 4.78 is 45.2. The highest BCUT2D eigenvalue weighted by atomic mass is 19.4. The van der Waals surface area contributed by atoms with Crippen LogP contribution in [0.3, 0.4) is 0 Å². The van der Waals surface area contributed by atoms with Crippen molar-refractivity contribution in [1.82, 2.24) is 24.6 Å². The molecule has 0 amide bonds. The summed E-state index contributed by atoms with van der Waals surface area (Å²) in [4.78, 5) is 10.7. The molecule has 1 saturated heterocycles. The highest BCUT2D eigenvalue weighted by Gasteiger charge is 2.31. The molecule has 10 heteroatoms. The van der Waals surface area contributed by atoms with Gasteiger partial charge in [0.05, 0.1) is 12.1 Å². The highest BCUT2D eigenvalue weighted by molar-refractivity contribution is 5.54. The molecular formula is C20H22F3N5O2. The summed E-state index contributed by atoms with van der Waals surface area (Å²) in [7, 11) is 1.87. The van der Waals surface area contributed by atoms with E-state index >= 15 is 0 Å². The summed E-state index contributed by atoms with van der Waals surface area (Å²) in [5.41, 5.74) is -0.250. The van der Waals surface area contributed by atoms with E-state index in [0.29, 0.717) is 23.8 Å². The molecule has 0 spiro atoms. The lowest BCUT2D eigenvalue weighted by Crippen LogP contribution is -2.35. The van der Waals surface area contributed by atoms with E-state index in [1.807, 2.05) is 17.8 Å². The zero-order valence-electron chi connectivity index (χ0n) is 16.4. The first kappa shape index (κ1) is 20.5. The summed E-state index contributed by atoms with van der Waals surface area (Å²) in [5, 5.41) is 14.5. The van der Waals surface area contributed by atoms with Gasteiger partial charge < -0.3 is 14.2 Å². The van der Waals surface area contributed by atoms with Gasteiger partial charge in [0.2, 0.25) is 11.7 Å². The zero-order valence-corrected chi connectivity index (χ0v) is 16.4. The van der Waals surface area contributed by atoms with Crippen molar-refractivity contribution in [2.75, 3.05) is 13.1 Å². The standard InChI is InChI=1S/C20H22F3N5O2/c1-27-11-8-24-19(27)17(29)13-6-9-28(10-7-13)12-16-25-18(26-30-16)14-2-4-15(5-3-14)20(21,22)23/h2-5,8,11,13,17,29H,6-7,9-10,12H2,1H3/t17-/m0/s1. The Balaban J connectivity index is 1.33. The first-order chi connectivity index (χ1) is 14.3. The zero-order chi connectivity index (χ0) is 21.3. The molecule has 3 heterocycles.